The fourth-order valence-electron chi connectivity index (χ4n) is 6.85. The Bertz CT molecular complexity index is 2740. The number of likely N-dealkylation sites (tertiary alicyclic amines) is 2. The van der Waals surface area contributed by atoms with Gasteiger partial charge in [0.25, 0.3) is 0 Å². The maximum Gasteiger partial charge on any atom is 0 e. The summed E-state index contributed by atoms with van der Waals surface area (Å²) in [6.45, 7) is 8.73. The molecule has 4 heterocycles. The molecular weight excluding hydrogens is 1780 g/mol. The van der Waals surface area contributed by atoms with Crippen LogP contribution in [0.2, 0.25) is 20.1 Å². The van der Waals surface area contributed by atoms with Gasteiger partial charge in [0.1, 0.15) is 30.4 Å². The van der Waals surface area contributed by atoms with Crippen molar-refractivity contribution in [1.29, 1.82) is 0 Å². The van der Waals surface area contributed by atoms with Crippen molar-refractivity contribution in [2.24, 2.45) is 5.92 Å². The van der Waals surface area contributed by atoms with E-state index in [1.54, 1.807) is 35.1 Å². The van der Waals surface area contributed by atoms with Crippen LogP contribution in [0, 0.1) is 17.6 Å². The first-order valence-electron chi connectivity index (χ1n) is 20.5. The molecule has 0 spiro atoms. The molecule has 2 fully saturated rings. The zero-order chi connectivity index (χ0) is 51.5. The maximum atomic E-state index is 14.6. The Balaban J connectivity index is 0.000000394. The number of halogens is 12. The smallest absolute Gasteiger partial charge is 0 e. The minimum atomic E-state index is -0.691. The summed E-state index contributed by atoms with van der Waals surface area (Å²) in [6, 6.07) is 12.4. The van der Waals surface area contributed by atoms with Crippen molar-refractivity contribution in [3.63, 3.8) is 0 Å². The first-order chi connectivity index (χ1) is 33.7. The summed E-state index contributed by atoms with van der Waals surface area (Å²) in [5, 5.41) is 16.7. The SMILES string of the molecule is C=CC(=O)N1CCC(Oc2cc3c(Nc4ccc(Cl)c(Cl)c4F)ncnc3cc2OC)CC1.CC1CCN([C-]=O)CC1.COc1cc2ncnc(Nc3ccc(Cl)c(Cl)c3F)c2cc1O.I.II.I[I-]I.[Y]. The molecule has 14 nitrogen and oxygen atoms in total. The molecule has 0 bridgehead atoms. The zero-order valence-electron chi connectivity index (χ0n) is 38.2. The average Bonchev–Trinajstić information content (AvgIpc) is 3.38. The van der Waals surface area contributed by atoms with Crippen molar-refractivity contribution < 1.29 is 83.7 Å². The average molecular weight is 1820 g/mol. The van der Waals surface area contributed by atoms with E-state index in [1.807, 2.05) is 6.41 Å². The maximum absolute atomic E-state index is 14.6. The minimum absolute atomic E-state index is 0. The van der Waals surface area contributed by atoms with E-state index >= 15 is 0 Å². The number of phenolic OH excluding ortho intramolecular Hbond substituents is 1. The molecule has 2 amide bonds. The van der Waals surface area contributed by atoms with Gasteiger partial charge in [-0.1, -0.05) is 59.9 Å². The second kappa shape index (κ2) is 35.1. The predicted octanol–water partition coefficient (Wildman–Crippen LogP) is 11.9. The van der Waals surface area contributed by atoms with Crippen molar-refractivity contribution in [3.8, 4) is 23.0 Å². The molecule has 72 heavy (non-hydrogen) atoms. The predicted molar refractivity (Wildman–Crippen MR) is 321 cm³/mol. The van der Waals surface area contributed by atoms with Crippen molar-refractivity contribution in [2.45, 2.75) is 38.7 Å². The number of piperidine rings is 2. The Morgan fingerprint density at radius 3 is 1.69 bits per heavy atom. The molecule has 2 aliphatic rings. The number of ether oxygens (including phenoxy) is 3. The fraction of sp³-hybridized carbons (Fsp3) is 0.289. The normalized spacial score (nSPS) is 13.1. The topological polar surface area (TPSA) is 164 Å². The number of amides is 2. The van der Waals surface area contributed by atoms with E-state index < -0.39 is 11.6 Å². The third kappa shape index (κ3) is 19.5. The number of anilines is 4. The van der Waals surface area contributed by atoms with E-state index in [2.05, 4.69) is 119 Å². The molecule has 6 aromatic rings. The van der Waals surface area contributed by atoms with Crippen molar-refractivity contribution in [2.75, 3.05) is 51.0 Å². The summed E-state index contributed by atoms with van der Waals surface area (Å²) in [5.74, 6) is 1.25. The van der Waals surface area contributed by atoms with E-state index in [0.29, 0.717) is 84.1 Å². The van der Waals surface area contributed by atoms with E-state index in [0.717, 1.165) is 31.8 Å². The summed E-state index contributed by atoms with van der Waals surface area (Å²) in [6.07, 6.45) is 9.45. The molecule has 27 heteroatoms. The van der Waals surface area contributed by atoms with Crippen LogP contribution < -0.4 is 38.1 Å². The fourth-order valence-corrected chi connectivity index (χ4v) is 7.47. The molecular formula is C45H44Cl4F2I6N8O6Y-2. The molecule has 8 rings (SSSR count). The number of phenols is 1. The summed E-state index contributed by atoms with van der Waals surface area (Å²) in [4.78, 5) is 42.1. The molecule has 0 aliphatic carbocycles. The van der Waals surface area contributed by atoms with Crippen LogP contribution >= 0.6 is 145 Å². The quantitative estimate of drug-likeness (QED) is 0.0515. The van der Waals surface area contributed by atoms with Gasteiger partial charge < -0.3 is 44.5 Å². The molecule has 389 valence electrons. The van der Waals surface area contributed by atoms with Gasteiger partial charge in [0.2, 0.25) is 5.91 Å². The van der Waals surface area contributed by atoms with Gasteiger partial charge in [0, 0.05) is 119 Å². The number of carbonyl (C=O) groups is 1. The minimum Gasteiger partial charge on any atom is 0 e. The second-order valence-corrected chi connectivity index (χ2v) is 32.7. The number of fused-ring (bicyclic) bond motifs is 2. The molecule has 4 aromatic carbocycles. The van der Waals surface area contributed by atoms with Crippen LogP contribution in [0.3, 0.4) is 0 Å². The Morgan fingerprint density at radius 2 is 1.25 bits per heavy atom. The van der Waals surface area contributed by atoms with Gasteiger partial charge in [0.05, 0.1) is 56.7 Å². The van der Waals surface area contributed by atoms with Gasteiger partial charge in [-0.3, -0.25) is 4.79 Å². The van der Waals surface area contributed by atoms with Crippen molar-refractivity contribution in [1.82, 2.24) is 29.7 Å². The number of hydrogen-bond donors (Lipinski definition) is 3. The number of rotatable bonds is 10. The molecule has 1 radical (unpaired) electrons. The number of aromatic hydroxyl groups is 1. The van der Waals surface area contributed by atoms with Crippen LogP contribution in [0.4, 0.5) is 31.8 Å². The molecule has 2 aliphatic heterocycles. The van der Waals surface area contributed by atoms with Gasteiger partial charge >= 0.3 is 50.5 Å². The van der Waals surface area contributed by atoms with Gasteiger partial charge in [0.15, 0.2) is 34.6 Å². The molecule has 2 aromatic heterocycles. The van der Waals surface area contributed by atoms with Crippen LogP contribution in [-0.2, 0) is 42.3 Å². The van der Waals surface area contributed by atoms with Crippen LogP contribution in [0.5, 0.6) is 23.0 Å². The van der Waals surface area contributed by atoms with Crippen molar-refractivity contribution in [3.05, 3.63) is 106 Å². The Morgan fingerprint density at radius 1 is 0.792 bits per heavy atom. The standard InChI is InChI=1S/C23H21Cl2FN4O3.C15H10Cl2FN3O2.C7H12NO.I3.I2.HI.Y/c1-3-20(31)30-8-6-13(7-9-30)33-19-10-14-17(11-18(19)32-2)27-12-28-23(14)29-16-5-4-15(24)21(25)22(16)26;1-23-12-5-10-7(4-11(12)22)15(20-6-19-10)21-9-3-2-8(16)13(17)14(9)18;1-7-2-4-8(6-9)5-3-7;1-3-2;1-2;;/h3-5,10-13H,1,6-9H2,2H3,(H,27,28,29);2-6,22H,1H3,(H,19,20,21);7H,2-5H2,1H3;;;1H;/q;;2*-1;;;. The number of benzene rings is 4. The summed E-state index contributed by atoms with van der Waals surface area (Å²) >= 11 is 32.9. The van der Waals surface area contributed by atoms with Gasteiger partial charge in [-0.05, 0) is 74.3 Å². The number of aromatic nitrogens is 4. The van der Waals surface area contributed by atoms with Gasteiger partial charge in [-0.2, -0.15) is 6.41 Å². The third-order valence-electron chi connectivity index (χ3n) is 10.6. The zero-order valence-corrected chi connectivity index (χ0v) is 57.2. The second-order valence-electron chi connectivity index (χ2n) is 14.9. The molecule has 2 saturated heterocycles. The summed E-state index contributed by atoms with van der Waals surface area (Å²) < 4.78 is 45.5. The van der Waals surface area contributed by atoms with Crippen LogP contribution in [0.1, 0.15) is 32.6 Å². The van der Waals surface area contributed by atoms with E-state index in [4.69, 9.17) is 60.6 Å². The Hall–Kier alpha value is -0.456. The summed E-state index contributed by atoms with van der Waals surface area (Å²) in [5.41, 5.74) is 1.35. The number of carbonyl (C=O) groups excluding carboxylic acids is 2. The van der Waals surface area contributed by atoms with E-state index in [1.165, 1.54) is 56.2 Å². The monoisotopic (exact) mass is 1820 g/mol. The Labute approximate surface area is 531 Å². The number of methoxy groups -OCH3 is 2. The number of hydrogen-bond acceptors (Lipinski definition) is 12. The van der Waals surface area contributed by atoms with Crippen LogP contribution in [0.15, 0.2) is 73.8 Å². The van der Waals surface area contributed by atoms with Gasteiger partial charge in [-0.25, -0.2) is 28.7 Å². The first-order valence-corrected chi connectivity index (χ1v) is 40.9. The van der Waals surface area contributed by atoms with E-state index in [9.17, 15) is 23.5 Å². The van der Waals surface area contributed by atoms with E-state index in [-0.39, 0.29) is 112 Å². The molecule has 0 saturated carbocycles. The largest absolute Gasteiger partial charge is 0 e. The molecule has 0 unspecified atom stereocenters. The van der Waals surface area contributed by atoms with Gasteiger partial charge in [-0.15, -0.1) is 24.0 Å². The Kier molecular flexibility index (Phi) is 33.0. The number of nitrogens with one attached hydrogen (secondary N) is 2. The molecule has 0 atom stereocenters. The third-order valence-corrected chi connectivity index (χ3v) is 12.1. The van der Waals surface area contributed by atoms with Crippen LogP contribution in [0.25, 0.3) is 21.8 Å². The molecule has 3 N–H and O–H groups in total. The number of nitrogens with zero attached hydrogens (tertiary/aromatic N) is 6. The van der Waals surface area contributed by atoms with Crippen LogP contribution in [-0.4, -0.2) is 93.7 Å². The van der Waals surface area contributed by atoms with Crippen molar-refractivity contribution >= 4 is 202 Å². The summed E-state index contributed by atoms with van der Waals surface area (Å²) in [7, 11) is 2.98. The first kappa shape index (κ1) is 67.7.